The van der Waals surface area contributed by atoms with E-state index in [1.165, 1.54) is 57.6 Å². The second-order valence-corrected chi connectivity index (χ2v) is 14.0. The Bertz CT molecular complexity index is 1210. The molecule has 69 heavy (non-hydrogen) atoms. The number of rotatable bonds is 3. The van der Waals surface area contributed by atoms with Crippen molar-refractivity contribution in [3.05, 3.63) is 72.9 Å². The first-order chi connectivity index (χ1) is 32.1. The van der Waals surface area contributed by atoms with Gasteiger partial charge >= 0.3 is 0 Å². The van der Waals surface area contributed by atoms with Crippen molar-refractivity contribution in [3.63, 3.8) is 0 Å². The summed E-state index contributed by atoms with van der Waals surface area (Å²) in [4.78, 5) is 32.9. The zero-order chi connectivity index (χ0) is 59.1. The number of carboxylic acids is 1. The van der Waals surface area contributed by atoms with Crippen molar-refractivity contribution in [2.45, 2.75) is 175 Å². The second kappa shape index (κ2) is 126. The number of carbonyl (C=O) groups excluding carboxylic acids is 2. The molecule has 0 aromatic carbocycles. The van der Waals surface area contributed by atoms with Crippen LogP contribution >= 0.6 is 24.8 Å². The highest BCUT2D eigenvalue weighted by Crippen LogP contribution is 2.18. The lowest BCUT2D eigenvalue weighted by molar-refractivity contribution is -0.134. The number of unbranched alkanes of at least 4 members (excludes halogenated alkanes) is 1. The first-order valence-electron chi connectivity index (χ1n) is 22.0. The number of aliphatic hydroxyl groups excluding tert-OH is 1. The summed E-state index contributed by atoms with van der Waals surface area (Å²) in [5, 5.41) is 19.7. The van der Waals surface area contributed by atoms with Crippen LogP contribution in [0.1, 0.15) is 151 Å². The zero-order valence-corrected chi connectivity index (χ0v) is 51.0. The van der Waals surface area contributed by atoms with Gasteiger partial charge in [0.25, 0.3) is 16.1 Å². The van der Waals surface area contributed by atoms with Gasteiger partial charge in [0, 0.05) is 40.7 Å². The Hall–Kier alpha value is -3.62. The third kappa shape index (κ3) is 742. The fourth-order valence-electron chi connectivity index (χ4n) is 1.08. The van der Waals surface area contributed by atoms with Crippen LogP contribution < -0.4 is 11.1 Å². The van der Waals surface area contributed by atoms with Crippen LogP contribution in [0.25, 0.3) is 0 Å². The molecule has 3 fully saturated rings. The third-order valence-corrected chi connectivity index (χ3v) is 4.56. The summed E-state index contributed by atoms with van der Waals surface area (Å²) in [6.45, 7) is 46.1. The summed E-state index contributed by atoms with van der Waals surface area (Å²) in [7, 11) is 1.81. The van der Waals surface area contributed by atoms with Gasteiger partial charge in [-0.1, -0.05) is 80.0 Å². The topological polar surface area (TPSA) is 244 Å². The minimum absolute atomic E-state index is 0.551. The van der Waals surface area contributed by atoms with Crippen molar-refractivity contribution in [2.24, 2.45) is 15.7 Å². The van der Waals surface area contributed by atoms with E-state index in [-0.39, 0.29) is 0 Å². The Balaban J connectivity index is -0.0000000347. The number of ether oxygens (including phenoxy) is 2. The first-order valence-corrected chi connectivity index (χ1v) is 25.2. The Morgan fingerprint density at radius 2 is 1.09 bits per heavy atom. The molecule has 0 radical (unpaired) electrons. The quantitative estimate of drug-likeness (QED) is 0.0178. The SMILES string of the molecule is C#CC.C=C(C)C.C=CC.CC(=O)O.CC1CN1.CC1CO1.CC1OC1C.CC=C(C)C.CC=CC.CC=CCC.CC=CCCC.CC=O.CN.CN=C=O.CN=C=S.CO.CS.CS(=O)(=O)O. The van der Waals surface area contributed by atoms with Crippen molar-refractivity contribution in [1.29, 1.82) is 0 Å². The standard InChI is InChI=1S/C6H12.2C5H10.C4H8O.2C4H8.C3H7N.C3H6O.C3H6.C3H4.C2H3NO.C2H3NS.C2H4O2.C2H4O.CH5N.CH4O3S.CH4O.CH4S/c1-3-5-6-4-2;1-4-5(2)3;1-3-5-4-2;1-3-4(2)5-3;1-4(2)3;1-3-4-2;2*1-3-2-4-3;2*1-3-2;2*1-3-2-4;1-2(3)4;1-2-3;1-2;1-5(2,3)4;2*1-2/h3,5H,4,6H2,1-2H3;4H,1-3H3;3,5H,4H2,1-2H3;3-4H,1-2H3;1H2,2-3H3;3-4H,1-2H3;3-4H,2H2,1H3;3H,2H2,1H3;3H,1H2,2H3;1H,2H3;2*1H3;1H3,(H,3,4);2H,1H3;2H2,1H3;1H3,(H,2,3,4);2*2H,1H3. The first kappa shape index (κ1) is 107. The van der Waals surface area contributed by atoms with E-state index in [1.54, 1.807) is 26.3 Å². The molecule has 0 amide bonds. The van der Waals surface area contributed by atoms with Gasteiger partial charge in [-0.3, -0.25) is 9.35 Å². The highest BCUT2D eigenvalue weighted by molar-refractivity contribution is 7.85. The number of epoxide rings is 2. The molecule has 17 heteroatoms. The number of carboxylic acid groups (broad SMARTS) is 1. The van der Waals surface area contributed by atoms with Gasteiger partial charge in [-0.05, 0) is 149 Å². The van der Waals surface area contributed by atoms with Crippen molar-refractivity contribution in [3.8, 4) is 12.3 Å². The predicted octanol–water partition coefficient (Wildman–Crippen LogP) is 12.7. The van der Waals surface area contributed by atoms with E-state index in [4.69, 9.17) is 38.6 Å². The van der Waals surface area contributed by atoms with E-state index < -0.39 is 16.1 Å². The monoisotopic (exact) mass is 1050 g/mol. The highest BCUT2D eigenvalue weighted by atomic mass is 32.2. The second-order valence-electron chi connectivity index (χ2n) is 12.4. The summed E-state index contributed by atoms with van der Waals surface area (Å²) in [6.07, 6.45) is 30.7. The summed E-state index contributed by atoms with van der Waals surface area (Å²) < 4.78 is 35.5. The summed E-state index contributed by atoms with van der Waals surface area (Å²) in [5.74, 6) is 1.42. The third-order valence-electron chi connectivity index (χ3n) is 4.38. The molecule has 0 bridgehead atoms. The Kier molecular flexibility index (Phi) is 194. The molecule has 0 spiro atoms. The Labute approximate surface area is 438 Å². The normalized spacial score (nSPS) is 13.7. The van der Waals surface area contributed by atoms with Gasteiger partial charge in [0.05, 0.1) is 36.3 Å². The van der Waals surface area contributed by atoms with Gasteiger partial charge in [-0.2, -0.15) is 21.0 Å². The molecular formula is C52H110N4O10S3. The van der Waals surface area contributed by atoms with Crippen molar-refractivity contribution in [1.82, 2.24) is 5.32 Å². The molecule has 4 unspecified atom stereocenters. The van der Waals surface area contributed by atoms with Crippen LogP contribution in [0.2, 0.25) is 0 Å². The van der Waals surface area contributed by atoms with Crippen LogP contribution in [-0.4, -0.2) is 125 Å². The number of nitrogens with two attached hydrogens (primary N) is 1. The van der Waals surface area contributed by atoms with Crippen LogP contribution in [0.4, 0.5) is 0 Å². The molecule has 0 aliphatic carbocycles. The molecule has 4 atom stereocenters. The molecule has 3 saturated heterocycles. The molecule has 3 heterocycles. The number of carbonyl (C=O) groups is 2. The van der Waals surface area contributed by atoms with E-state index in [0.29, 0.717) is 24.6 Å². The van der Waals surface area contributed by atoms with E-state index in [9.17, 15) is 8.42 Å². The number of aliphatic imine (C=N–C) groups is 2. The molecular weight excluding hydrogens is 937 g/mol. The number of isothiocyanates is 1. The van der Waals surface area contributed by atoms with E-state index in [2.05, 4.69) is 169 Å². The number of nitrogens with one attached hydrogen (secondary N) is 1. The van der Waals surface area contributed by atoms with Gasteiger partial charge < -0.3 is 35.5 Å². The minimum atomic E-state index is -3.67. The summed E-state index contributed by atoms with van der Waals surface area (Å²) >= 11 is 7.66. The molecule has 416 valence electrons. The van der Waals surface area contributed by atoms with Gasteiger partial charge in [-0.15, -0.1) is 25.5 Å². The van der Waals surface area contributed by atoms with E-state index in [0.717, 1.165) is 39.4 Å². The molecule has 14 nitrogen and oxygen atoms in total. The van der Waals surface area contributed by atoms with E-state index in [1.807, 2.05) is 60.6 Å². The maximum atomic E-state index is 9.19. The number of aliphatic hydroxyl groups is 1. The fourth-order valence-corrected chi connectivity index (χ4v) is 1.08. The number of isocyanates is 1. The molecule has 3 aliphatic heterocycles. The Morgan fingerprint density at radius 3 is 1.10 bits per heavy atom. The average Bonchev–Trinajstić information content (AvgIpc) is 4.26. The number of thiocarbonyl (C=S) groups is 1. The van der Waals surface area contributed by atoms with Crippen molar-refractivity contribution < 1.29 is 47.0 Å². The molecule has 6 N–H and O–H groups in total. The van der Waals surface area contributed by atoms with Gasteiger partial charge in [0.2, 0.25) is 6.08 Å². The lowest BCUT2D eigenvalue weighted by Crippen LogP contribution is -1.88. The van der Waals surface area contributed by atoms with E-state index >= 15 is 0 Å². The molecule has 0 saturated carbocycles. The largest absolute Gasteiger partial charge is 0.481 e. The average molecular weight is 1050 g/mol. The predicted molar refractivity (Wildman–Crippen MR) is 315 cm³/mol. The molecule has 0 aromatic heterocycles. The van der Waals surface area contributed by atoms with Crippen molar-refractivity contribution in [2.75, 3.05) is 53.9 Å². The van der Waals surface area contributed by atoms with Crippen LogP contribution in [0, 0.1) is 12.3 Å². The smallest absolute Gasteiger partial charge is 0.300 e. The molecule has 3 rings (SSSR count). The maximum Gasteiger partial charge on any atom is 0.300 e. The van der Waals surface area contributed by atoms with Gasteiger partial charge in [0.15, 0.2) is 0 Å². The number of hydrogen-bond acceptors (Lipinski definition) is 14. The lowest BCUT2D eigenvalue weighted by atomic mass is 10.3. The highest BCUT2D eigenvalue weighted by Gasteiger charge is 2.27. The Morgan fingerprint density at radius 1 is 0.899 bits per heavy atom. The molecule has 3 aliphatic rings. The summed E-state index contributed by atoms with van der Waals surface area (Å²) in [5.41, 5.74) is 7.05. The van der Waals surface area contributed by atoms with Crippen LogP contribution in [0.5, 0.6) is 0 Å². The number of allylic oxidation sites excluding steroid dienone is 10. The minimum Gasteiger partial charge on any atom is -0.481 e. The van der Waals surface area contributed by atoms with Crippen LogP contribution in [-0.2, 0) is 34.0 Å². The number of thiol groups is 1. The van der Waals surface area contributed by atoms with Gasteiger partial charge in [0.1, 0.15) is 6.29 Å². The van der Waals surface area contributed by atoms with Crippen LogP contribution in [0.15, 0.2) is 82.9 Å². The maximum absolute atomic E-state index is 9.19. The molecule has 0 aromatic rings. The zero-order valence-electron chi connectivity index (χ0n) is 48.5. The number of nitrogens with zero attached hydrogens (tertiary/aromatic N) is 2. The number of terminal acetylenes is 1. The lowest BCUT2D eigenvalue weighted by Gasteiger charge is -1.76. The van der Waals surface area contributed by atoms with Gasteiger partial charge in [-0.25, -0.2) is 14.8 Å². The van der Waals surface area contributed by atoms with Crippen molar-refractivity contribution >= 4 is 58.5 Å². The number of hydrogen-bond donors (Lipinski definition) is 6. The number of aldehydes is 1. The summed E-state index contributed by atoms with van der Waals surface area (Å²) in [6, 6.07) is 0.833. The number of aliphatic carboxylic acids is 1. The van der Waals surface area contributed by atoms with Crippen LogP contribution in [0.3, 0.4) is 0 Å². The fraction of sp³-hybridized carbons (Fsp3) is 0.654.